The molecule has 4 nitrogen and oxygen atoms in total. The van der Waals surface area contributed by atoms with Crippen molar-refractivity contribution in [2.45, 2.75) is 11.8 Å². The molecule has 2 aromatic rings. The quantitative estimate of drug-likeness (QED) is 0.633. The molecular formula is C15H18N2O2S2. The van der Waals surface area contributed by atoms with E-state index in [1.54, 1.807) is 12.1 Å². The topological polar surface area (TPSA) is 72.2 Å². The number of benzene rings is 2. The molecule has 0 aliphatic rings. The largest absolute Gasteiger partial charge is 0.398 e. The van der Waals surface area contributed by atoms with E-state index in [0.29, 0.717) is 17.1 Å². The van der Waals surface area contributed by atoms with E-state index in [2.05, 4.69) is 4.72 Å². The van der Waals surface area contributed by atoms with Gasteiger partial charge in [-0.15, -0.1) is 11.8 Å². The van der Waals surface area contributed by atoms with Gasteiger partial charge in [-0.2, -0.15) is 0 Å². The molecule has 0 spiro atoms. The van der Waals surface area contributed by atoms with E-state index in [1.165, 1.54) is 11.8 Å². The summed E-state index contributed by atoms with van der Waals surface area (Å²) in [4.78, 5) is 0.906. The van der Waals surface area contributed by atoms with Crippen molar-refractivity contribution in [3.05, 3.63) is 54.1 Å². The lowest BCUT2D eigenvalue weighted by Crippen LogP contribution is -2.18. The number of rotatable bonds is 6. The molecule has 0 radical (unpaired) electrons. The second kappa shape index (κ2) is 6.87. The summed E-state index contributed by atoms with van der Waals surface area (Å²) < 4.78 is 26.6. The first kappa shape index (κ1) is 15.7. The highest BCUT2D eigenvalue weighted by Gasteiger charge is 2.11. The molecule has 2 aromatic carbocycles. The van der Waals surface area contributed by atoms with Gasteiger partial charge < -0.3 is 5.73 Å². The number of nitrogens with two attached hydrogens (primary N) is 1. The minimum atomic E-state index is -3.35. The molecule has 0 saturated carbocycles. The van der Waals surface area contributed by atoms with Crippen molar-refractivity contribution in [3.8, 4) is 0 Å². The number of hydrogen-bond donors (Lipinski definition) is 2. The lowest BCUT2D eigenvalue weighted by molar-refractivity contribution is 0.602. The first-order chi connectivity index (χ1) is 9.96. The summed E-state index contributed by atoms with van der Waals surface area (Å²) in [6.07, 6.45) is 0. The molecule has 0 aliphatic heterocycles. The first-order valence-electron chi connectivity index (χ1n) is 6.51. The second-order valence-corrected chi connectivity index (χ2v) is 7.66. The Bertz CT molecular complexity index is 715. The molecule has 21 heavy (non-hydrogen) atoms. The average molecular weight is 322 g/mol. The lowest BCUT2D eigenvalue weighted by atomic mass is 10.2. The highest BCUT2D eigenvalue weighted by Crippen LogP contribution is 2.24. The number of aryl methyl sites for hydroxylation is 1. The number of para-hydroxylation sites is 1. The van der Waals surface area contributed by atoms with Gasteiger partial charge in [0.25, 0.3) is 0 Å². The first-order valence-corrected chi connectivity index (χ1v) is 9.14. The van der Waals surface area contributed by atoms with Gasteiger partial charge in [0.1, 0.15) is 0 Å². The average Bonchev–Trinajstić information content (AvgIpc) is 2.40. The van der Waals surface area contributed by atoms with Crippen LogP contribution in [0.1, 0.15) is 5.56 Å². The van der Waals surface area contributed by atoms with Gasteiger partial charge in [-0.1, -0.05) is 24.3 Å². The molecule has 0 heterocycles. The third kappa shape index (κ3) is 4.99. The van der Waals surface area contributed by atoms with Crippen LogP contribution in [0.15, 0.2) is 53.4 Å². The van der Waals surface area contributed by atoms with Gasteiger partial charge in [0.05, 0.1) is 5.75 Å². The highest BCUT2D eigenvalue weighted by atomic mass is 32.2. The Balaban J connectivity index is 1.91. The van der Waals surface area contributed by atoms with Crippen LogP contribution in [-0.4, -0.2) is 19.9 Å². The van der Waals surface area contributed by atoms with Crippen molar-refractivity contribution < 1.29 is 8.42 Å². The zero-order valence-corrected chi connectivity index (χ0v) is 13.4. The van der Waals surface area contributed by atoms with Crippen LogP contribution >= 0.6 is 11.8 Å². The van der Waals surface area contributed by atoms with Gasteiger partial charge in [0.15, 0.2) is 0 Å². The van der Waals surface area contributed by atoms with Crippen LogP contribution in [0.2, 0.25) is 0 Å². The molecule has 0 aliphatic carbocycles. The molecule has 0 saturated heterocycles. The maximum Gasteiger partial charge on any atom is 0.233 e. The lowest BCUT2D eigenvalue weighted by Gasteiger charge is -2.09. The molecule has 3 N–H and O–H groups in total. The Labute approximate surface area is 129 Å². The van der Waals surface area contributed by atoms with E-state index < -0.39 is 10.0 Å². The Morgan fingerprint density at radius 3 is 2.62 bits per heavy atom. The Kier molecular flexibility index (Phi) is 5.14. The van der Waals surface area contributed by atoms with Crippen molar-refractivity contribution in [3.63, 3.8) is 0 Å². The summed E-state index contributed by atoms with van der Waals surface area (Å²) in [7, 11) is -3.35. The van der Waals surface area contributed by atoms with Crippen LogP contribution in [0.5, 0.6) is 0 Å². The number of sulfonamides is 1. The number of anilines is 2. The fraction of sp³-hybridized carbons (Fsp3) is 0.200. The maximum atomic E-state index is 12.0. The normalized spacial score (nSPS) is 11.3. The molecule has 0 aromatic heterocycles. The van der Waals surface area contributed by atoms with Crippen LogP contribution in [0, 0.1) is 6.92 Å². The van der Waals surface area contributed by atoms with Crippen LogP contribution in [-0.2, 0) is 10.0 Å². The number of nitrogen functional groups attached to an aromatic ring is 1. The fourth-order valence-electron chi connectivity index (χ4n) is 1.81. The van der Waals surface area contributed by atoms with Crippen LogP contribution in [0.4, 0.5) is 11.4 Å². The van der Waals surface area contributed by atoms with Crippen molar-refractivity contribution in [2.24, 2.45) is 0 Å². The molecule has 0 fully saturated rings. The van der Waals surface area contributed by atoms with Crippen molar-refractivity contribution in [1.82, 2.24) is 0 Å². The number of thioether (sulfide) groups is 1. The van der Waals surface area contributed by atoms with Crippen LogP contribution in [0.3, 0.4) is 0 Å². The molecule has 6 heteroatoms. The summed E-state index contributed by atoms with van der Waals surface area (Å²) in [6.45, 7) is 1.92. The fourth-order valence-corrected chi connectivity index (χ4v) is 4.24. The monoisotopic (exact) mass is 322 g/mol. The van der Waals surface area contributed by atoms with Gasteiger partial charge in [-0.25, -0.2) is 8.42 Å². The third-order valence-electron chi connectivity index (χ3n) is 2.82. The molecular weight excluding hydrogens is 304 g/mol. The summed E-state index contributed by atoms with van der Waals surface area (Å²) in [5, 5.41) is 0. The standard InChI is InChI=1S/C15H18N2O2S2/c1-12-5-4-6-13(11-12)17-21(18,19)10-9-20-15-8-3-2-7-14(15)16/h2-8,11,17H,9-10,16H2,1H3. The highest BCUT2D eigenvalue weighted by molar-refractivity contribution is 8.01. The molecule has 0 unspecified atom stereocenters. The van der Waals surface area contributed by atoms with Gasteiger partial charge in [-0.3, -0.25) is 4.72 Å². The predicted octanol–water partition coefficient (Wildman–Crippen LogP) is 3.11. The Hall–Kier alpha value is -1.66. The molecule has 0 bridgehead atoms. The SMILES string of the molecule is Cc1cccc(NS(=O)(=O)CCSc2ccccc2N)c1. The molecule has 2 rings (SSSR count). The van der Waals surface area contributed by atoms with Crippen molar-refractivity contribution in [2.75, 3.05) is 22.0 Å². The second-order valence-electron chi connectivity index (χ2n) is 4.68. The minimum Gasteiger partial charge on any atom is -0.398 e. The van der Waals surface area contributed by atoms with E-state index in [9.17, 15) is 8.42 Å². The van der Waals surface area contributed by atoms with Crippen molar-refractivity contribution in [1.29, 1.82) is 0 Å². The van der Waals surface area contributed by atoms with E-state index >= 15 is 0 Å². The Morgan fingerprint density at radius 2 is 1.90 bits per heavy atom. The van der Waals surface area contributed by atoms with E-state index in [1.807, 2.05) is 43.3 Å². The summed E-state index contributed by atoms with van der Waals surface area (Å²) >= 11 is 1.44. The summed E-state index contributed by atoms with van der Waals surface area (Å²) in [6, 6.07) is 14.7. The summed E-state index contributed by atoms with van der Waals surface area (Å²) in [5.74, 6) is 0.495. The van der Waals surface area contributed by atoms with E-state index in [4.69, 9.17) is 5.73 Å². The number of nitrogens with one attached hydrogen (secondary N) is 1. The molecule has 112 valence electrons. The zero-order valence-electron chi connectivity index (χ0n) is 11.7. The van der Waals surface area contributed by atoms with Gasteiger partial charge in [-0.05, 0) is 36.8 Å². The van der Waals surface area contributed by atoms with Gasteiger partial charge in [0, 0.05) is 22.0 Å². The zero-order chi connectivity index (χ0) is 15.3. The third-order valence-corrected chi connectivity index (χ3v) is 5.46. The van der Waals surface area contributed by atoms with Crippen LogP contribution in [0.25, 0.3) is 0 Å². The van der Waals surface area contributed by atoms with Gasteiger partial charge in [0.2, 0.25) is 10.0 Å². The number of hydrogen-bond acceptors (Lipinski definition) is 4. The molecule has 0 amide bonds. The minimum absolute atomic E-state index is 0.0416. The van der Waals surface area contributed by atoms with Crippen molar-refractivity contribution >= 4 is 33.2 Å². The van der Waals surface area contributed by atoms with Crippen LogP contribution < -0.4 is 10.5 Å². The van der Waals surface area contributed by atoms with E-state index in [-0.39, 0.29) is 5.75 Å². The smallest absolute Gasteiger partial charge is 0.233 e. The van der Waals surface area contributed by atoms with Gasteiger partial charge >= 0.3 is 0 Å². The predicted molar refractivity (Wildman–Crippen MR) is 90.2 cm³/mol. The molecule has 0 atom stereocenters. The Morgan fingerprint density at radius 1 is 1.14 bits per heavy atom. The van der Waals surface area contributed by atoms with E-state index in [0.717, 1.165) is 10.5 Å². The summed E-state index contributed by atoms with van der Waals surface area (Å²) in [5.41, 5.74) is 8.11. The maximum absolute atomic E-state index is 12.0.